The van der Waals surface area contributed by atoms with E-state index in [2.05, 4.69) is 15.5 Å². The van der Waals surface area contributed by atoms with E-state index in [0.29, 0.717) is 23.2 Å². The van der Waals surface area contributed by atoms with Crippen LogP contribution in [0.1, 0.15) is 30.0 Å². The maximum atomic E-state index is 12.7. The van der Waals surface area contributed by atoms with Gasteiger partial charge in [-0.2, -0.15) is 10.1 Å². The van der Waals surface area contributed by atoms with Crippen molar-refractivity contribution in [3.63, 3.8) is 0 Å². The van der Waals surface area contributed by atoms with E-state index in [0.717, 1.165) is 47.6 Å². The fourth-order valence-corrected chi connectivity index (χ4v) is 3.89. The minimum Gasteiger partial charge on any atom is -0.339 e. The second-order valence-corrected chi connectivity index (χ2v) is 7.88. The summed E-state index contributed by atoms with van der Waals surface area (Å²) in [6.07, 6.45) is 3.51. The van der Waals surface area contributed by atoms with Gasteiger partial charge in [-0.3, -0.25) is 4.79 Å². The molecule has 1 amide bonds. The third-order valence-electron chi connectivity index (χ3n) is 5.30. The van der Waals surface area contributed by atoms with Crippen LogP contribution in [0.25, 0.3) is 17.1 Å². The summed E-state index contributed by atoms with van der Waals surface area (Å²) in [5, 5.41) is 12.4. The Hall–Kier alpha value is -3.45. The van der Waals surface area contributed by atoms with Gasteiger partial charge in [-0.25, -0.2) is 4.68 Å². The molecule has 0 saturated carbocycles. The van der Waals surface area contributed by atoms with Crippen molar-refractivity contribution in [2.75, 3.05) is 5.32 Å². The topological polar surface area (TPSA) is 85.8 Å². The lowest BCUT2D eigenvalue weighted by Gasteiger charge is -2.10. The van der Waals surface area contributed by atoms with E-state index < -0.39 is 0 Å². The largest absolute Gasteiger partial charge is 0.339 e. The zero-order valence-corrected chi connectivity index (χ0v) is 17.5. The highest BCUT2D eigenvalue weighted by Crippen LogP contribution is 2.31. The molecule has 1 aliphatic rings. The Kier molecular flexibility index (Phi) is 5.26. The Morgan fingerprint density at radius 2 is 1.90 bits per heavy atom. The van der Waals surface area contributed by atoms with Gasteiger partial charge in [-0.1, -0.05) is 35.0 Å². The third kappa shape index (κ3) is 4.09. The maximum absolute atomic E-state index is 12.7. The first-order valence-corrected chi connectivity index (χ1v) is 10.6. The molecule has 0 fully saturated rings. The number of rotatable bonds is 6. The number of para-hydroxylation sites is 1. The zero-order valence-electron chi connectivity index (χ0n) is 16.7. The fraction of sp³-hybridized carbons (Fsp3) is 0.217. The molecule has 8 heteroatoms. The second kappa shape index (κ2) is 8.35. The Morgan fingerprint density at radius 3 is 2.71 bits per heavy atom. The number of hydrogen-bond acceptors (Lipinski definition) is 5. The van der Waals surface area contributed by atoms with E-state index in [-0.39, 0.29) is 12.3 Å². The summed E-state index contributed by atoms with van der Waals surface area (Å²) < 4.78 is 7.14. The number of benzene rings is 2. The SMILES string of the molecule is O=C(CCc1nc(-c2ccc(Cl)cc2)no1)Nc1c2c(nn1-c1ccccc1)CCC2. The van der Waals surface area contributed by atoms with Gasteiger partial charge in [0.1, 0.15) is 5.82 Å². The van der Waals surface area contributed by atoms with E-state index in [1.807, 2.05) is 47.1 Å². The molecule has 0 spiro atoms. The van der Waals surface area contributed by atoms with Crippen LogP contribution < -0.4 is 5.32 Å². The number of hydrogen-bond donors (Lipinski definition) is 1. The van der Waals surface area contributed by atoms with Crippen LogP contribution in [0.2, 0.25) is 5.02 Å². The van der Waals surface area contributed by atoms with Gasteiger partial charge in [0.2, 0.25) is 17.6 Å². The van der Waals surface area contributed by atoms with Crippen molar-refractivity contribution in [2.24, 2.45) is 0 Å². The number of carbonyl (C=O) groups is 1. The summed E-state index contributed by atoms with van der Waals surface area (Å²) >= 11 is 5.92. The molecule has 7 nitrogen and oxygen atoms in total. The van der Waals surface area contributed by atoms with Crippen molar-refractivity contribution >= 4 is 23.3 Å². The number of aryl methyl sites for hydroxylation is 2. The number of halogens is 1. The van der Waals surface area contributed by atoms with Gasteiger partial charge in [0.15, 0.2) is 0 Å². The predicted octanol–water partition coefficient (Wildman–Crippen LogP) is 4.64. The molecule has 2 aromatic carbocycles. The molecule has 0 saturated heterocycles. The van der Waals surface area contributed by atoms with E-state index in [1.165, 1.54) is 0 Å². The van der Waals surface area contributed by atoms with Gasteiger partial charge in [0.05, 0.1) is 11.4 Å². The molecule has 1 N–H and O–H groups in total. The number of anilines is 1. The lowest BCUT2D eigenvalue weighted by molar-refractivity contribution is -0.116. The number of amides is 1. The molecule has 4 aromatic rings. The van der Waals surface area contributed by atoms with Crippen molar-refractivity contribution in [1.29, 1.82) is 0 Å². The van der Waals surface area contributed by atoms with E-state index >= 15 is 0 Å². The predicted molar refractivity (Wildman–Crippen MR) is 117 cm³/mol. The maximum Gasteiger partial charge on any atom is 0.227 e. The average molecular weight is 434 g/mol. The van der Waals surface area contributed by atoms with Crippen LogP contribution in [-0.4, -0.2) is 25.8 Å². The first-order valence-electron chi connectivity index (χ1n) is 10.2. The van der Waals surface area contributed by atoms with Gasteiger partial charge in [0.25, 0.3) is 0 Å². The van der Waals surface area contributed by atoms with Crippen molar-refractivity contribution in [2.45, 2.75) is 32.1 Å². The molecule has 156 valence electrons. The minimum atomic E-state index is -0.113. The van der Waals surface area contributed by atoms with E-state index in [4.69, 9.17) is 21.2 Å². The molecule has 0 atom stereocenters. The summed E-state index contributed by atoms with van der Waals surface area (Å²) in [6.45, 7) is 0. The number of nitrogens with zero attached hydrogens (tertiary/aromatic N) is 4. The van der Waals surface area contributed by atoms with E-state index in [9.17, 15) is 4.79 Å². The molecule has 5 rings (SSSR count). The highest BCUT2D eigenvalue weighted by molar-refractivity contribution is 6.30. The Labute approximate surface area is 184 Å². The summed E-state index contributed by atoms with van der Waals surface area (Å²) in [5.41, 5.74) is 3.92. The van der Waals surface area contributed by atoms with Crippen molar-refractivity contribution in [3.05, 3.63) is 76.8 Å². The molecule has 1 aliphatic carbocycles. The average Bonchev–Trinajstić information content (AvgIpc) is 3.51. The minimum absolute atomic E-state index is 0.113. The smallest absolute Gasteiger partial charge is 0.227 e. The van der Waals surface area contributed by atoms with Crippen molar-refractivity contribution < 1.29 is 9.32 Å². The van der Waals surface area contributed by atoms with Crippen LogP contribution in [0.4, 0.5) is 5.82 Å². The summed E-state index contributed by atoms with van der Waals surface area (Å²) in [4.78, 5) is 17.1. The summed E-state index contributed by atoms with van der Waals surface area (Å²) in [6, 6.07) is 17.0. The number of fused-ring (bicyclic) bond motifs is 1. The van der Waals surface area contributed by atoms with Crippen LogP contribution in [0.15, 0.2) is 59.1 Å². The van der Waals surface area contributed by atoms with Crippen LogP contribution in [0.5, 0.6) is 0 Å². The van der Waals surface area contributed by atoms with Gasteiger partial charge in [-0.15, -0.1) is 0 Å². The fourth-order valence-electron chi connectivity index (χ4n) is 3.76. The monoisotopic (exact) mass is 433 g/mol. The standard InChI is InChI=1S/C23H20ClN5O2/c24-16-11-9-15(10-12-16)22-26-21(31-28-22)14-13-20(30)25-23-18-7-4-8-19(18)27-29(23)17-5-2-1-3-6-17/h1-3,5-6,9-12H,4,7-8,13-14H2,(H,25,30). The number of carbonyl (C=O) groups excluding carboxylic acids is 1. The van der Waals surface area contributed by atoms with Crippen LogP contribution in [0, 0.1) is 0 Å². The molecular weight excluding hydrogens is 414 g/mol. The van der Waals surface area contributed by atoms with Gasteiger partial charge in [-0.05, 0) is 55.7 Å². The summed E-state index contributed by atoms with van der Waals surface area (Å²) in [7, 11) is 0. The lowest BCUT2D eigenvalue weighted by atomic mass is 10.2. The normalized spacial score (nSPS) is 12.7. The number of aromatic nitrogens is 4. The van der Waals surface area contributed by atoms with Gasteiger partial charge < -0.3 is 9.84 Å². The van der Waals surface area contributed by atoms with Crippen molar-refractivity contribution in [3.8, 4) is 17.1 Å². The Balaban J connectivity index is 1.28. The Morgan fingerprint density at radius 1 is 1.10 bits per heavy atom. The van der Waals surface area contributed by atoms with Crippen LogP contribution >= 0.6 is 11.6 Å². The molecule has 0 unspecified atom stereocenters. The third-order valence-corrected chi connectivity index (χ3v) is 5.55. The zero-order chi connectivity index (χ0) is 21.2. The second-order valence-electron chi connectivity index (χ2n) is 7.44. The van der Waals surface area contributed by atoms with Crippen LogP contribution in [0.3, 0.4) is 0 Å². The van der Waals surface area contributed by atoms with Gasteiger partial charge in [0, 0.05) is 29.0 Å². The summed E-state index contributed by atoms with van der Waals surface area (Å²) in [5.74, 6) is 1.54. The first kappa shape index (κ1) is 19.5. The quantitative estimate of drug-likeness (QED) is 0.479. The molecule has 0 bridgehead atoms. The first-order chi connectivity index (χ1) is 15.2. The molecule has 2 aromatic heterocycles. The molecule has 0 radical (unpaired) electrons. The molecule has 2 heterocycles. The van der Waals surface area contributed by atoms with Crippen LogP contribution in [-0.2, 0) is 24.1 Å². The van der Waals surface area contributed by atoms with Gasteiger partial charge >= 0.3 is 0 Å². The molecule has 31 heavy (non-hydrogen) atoms. The number of nitrogens with one attached hydrogen (secondary N) is 1. The molecular formula is C23H20ClN5O2. The van der Waals surface area contributed by atoms with E-state index in [1.54, 1.807) is 12.1 Å². The highest BCUT2D eigenvalue weighted by Gasteiger charge is 2.24. The highest BCUT2D eigenvalue weighted by atomic mass is 35.5. The Bertz CT molecular complexity index is 1210. The lowest BCUT2D eigenvalue weighted by Crippen LogP contribution is -2.16. The van der Waals surface area contributed by atoms with Crippen molar-refractivity contribution in [1.82, 2.24) is 19.9 Å². The molecule has 0 aliphatic heterocycles.